The van der Waals surface area contributed by atoms with Gasteiger partial charge < -0.3 is 9.80 Å². The van der Waals surface area contributed by atoms with Gasteiger partial charge in [0.25, 0.3) is 0 Å². The van der Waals surface area contributed by atoms with Crippen molar-refractivity contribution in [1.29, 1.82) is 0 Å². The number of amides is 2. The number of anilines is 2. The first-order valence-electron chi connectivity index (χ1n) is 17.5. The Morgan fingerprint density at radius 1 is 0.560 bits per heavy atom. The van der Waals surface area contributed by atoms with Crippen LogP contribution in [0.5, 0.6) is 0 Å². The highest BCUT2D eigenvalue weighted by atomic mass is 16.2. The fourth-order valence-electron chi connectivity index (χ4n) is 7.33. The Morgan fingerprint density at radius 3 is 1.84 bits per heavy atom. The summed E-state index contributed by atoms with van der Waals surface area (Å²) in [7, 11) is 0. The third kappa shape index (κ3) is 5.87. The van der Waals surface area contributed by atoms with Gasteiger partial charge in [0.05, 0.1) is 17.1 Å². The molecule has 0 spiro atoms. The predicted octanol–water partition coefficient (Wildman–Crippen LogP) is 9.27. The number of aliphatic imine (C=N–C) groups is 1. The summed E-state index contributed by atoms with van der Waals surface area (Å²) >= 11 is 0. The molecule has 4 heterocycles. The van der Waals surface area contributed by atoms with E-state index in [0.29, 0.717) is 13.1 Å². The zero-order chi connectivity index (χ0) is 33.6. The number of rotatable bonds is 8. The topological polar surface area (TPSA) is 65.4 Å². The minimum atomic E-state index is 0.109. The Labute approximate surface area is 292 Å². The van der Waals surface area contributed by atoms with E-state index in [-0.39, 0.29) is 11.8 Å². The summed E-state index contributed by atoms with van der Waals surface area (Å²) in [6.45, 7) is 0.812. The van der Waals surface area contributed by atoms with E-state index in [1.165, 1.54) is 28.0 Å². The molecular weight excluding hydrogens is 617 g/mol. The summed E-state index contributed by atoms with van der Waals surface area (Å²) in [5, 5.41) is 0. The van der Waals surface area contributed by atoms with Crippen molar-refractivity contribution in [2.45, 2.75) is 38.5 Å². The van der Waals surface area contributed by atoms with E-state index in [1.54, 1.807) is 0 Å². The molecule has 244 valence electrons. The molecule has 0 saturated carbocycles. The highest BCUT2D eigenvalue weighted by Gasteiger charge is 2.38. The molecule has 50 heavy (non-hydrogen) atoms. The number of benzene rings is 3. The van der Waals surface area contributed by atoms with Crippen molar-refractivity contribution < 1.29 is 9.59 Å². The van der Waals surface area contributed by atoms with E-state index in [4.69, 9.17) is 9.98 Å². The maximum atomic E-state index is 12.6. The van der Waals surface area contributed by atoms with Crippen molar-refractivity contribution in [3.05, 3.63) is 144 Å². The van der Waals surface area contributed by atoms with Gasteiger partial charge in [-0.3, -0.25) is 19.6 Å². The Balaban J connectivity index is 1.02. The number of nitrogens with zero attached hydrogens (tertiary/aromatic N) is 4. The molecule has 3 aliphatic heterocycles. The standard InChI is InChI=1S/C44H36N4O2/c49-43-27-47(43)41-24-38(32-17-13-30(14-18-32)36-20-22-40(46-26-36)34-9-5-2-6-10-34)42(48-28-44(48)50)23-37(41)31-15-11-29(12-16-31)35-19-21-39(45-25-35)33-7-3-1-4-8-33/h1-5,7-9,11-13,15-17,19,21,23-26H,6,10,14,18,20,22,27-28H2. The van der Waals surface area contributed by atoms with Gasteiger partial charge in [0.1, 0.15) is 13.1 Å². The molecule has 2 amide bonds. The molecule has 2 saturated heterocycles. The minimum absolute atomic E-state index is 0.109. The van der Waals surface area contributed by atoms with Crippen LogP contribution in [-0.4, -0.2) is 35.6 Å². The molecule has 9 rings (SSSR count). The molecule has 4 aromatic rings. The first kappa shape index (κ1) is 30.2. The number of carbonyl (C=O) groups is 2. The molecular formula is C44H36N4O2. The Kier molecular flexibility index (Phi) is 7.57. The Hall–Kier alpha value is -5.88. The molecule has 0 atom stereocenters. The van der Waals surface area contributed by atoms with Gasteiger partial charge in [0.2, 0.25) is 11.8 Å². The van der Waals surface area contributed by atoms with Crippen LogP contribution in [0.25, 0.3) is 39.1 Å². The van der Waals surface area contributed by atoms with Gasteiger partial charge in [-0.05, 0) is 90.1 Å². The fourth-order valence-corrected chi connectivity index (χ4v) is 7.33. The first-order chi connectivity index (χ1) is 24.6. The molecule has 1 aromatic heterocycles. The van der Waals surface area contributed by atoms with E-state index in [0.717, 1.165) is 89.0 Å². The number of hydrogen-bond acceptors (Lipinski definition) is 4. The molecule has 5 aliphatic rings. The lowest BCUT2D eigenvalue weighted by molar-refractivity contribution is -0.110. The van der Waals surface area contributed by atoms with Gasteiger partial charge in [0, 0.05) is 40.4 Å². The monoisotopic (exact) mass is 652 g/mol. The summed E-state index contributed by atoms with van der Waals surface area (Å²) in [4.78, 5) is 38.4. The molecule has 3 aromatic carbocycles. The number of hydrogen-bond donors (Lipinski definition) is 0. The second-order valence-corrected chi connectivity index (χ2v) is 13.5. The van der Waals surface area contributed by atoms with Crippen LogP contribution in [0.3, 0.4) is 0 Å². The van der Waals surface area contributed by atoms with E-state index >= 15 is 0 Å². The summed E-state index contributed by atoms with van der Waals surface area (Å²) in [6, 6.07) is 27.0. The third-order valence-corrected chi connectivity index (χ3v) is 10.3. The van der Waals surface area contributed by atoms with Crippen LogP contribution < -0.4 is 9.80 Å². The van der Waals surface area contributed by atoms with Crippen LogP contribution in [0.1, 0.15) is 44.1 Å². The quantitative estimate of drug-likeness (QED) is 0.178. The lowest BCUT2D eigenvalue weighted by Crippen LogP contribution is -2.10. The van der Waals surface area contributed by atoms with Crippen LogP contribution in [0.15, 0.2) is 143 Å². The summed E-state index contributed by atoms with van der Waals surface area (Å²) in [6.07, 6.45) is 20.9. The Bertz CT molecular complexity index is 2240. The maximum Gasteiger partial charge on any atom is 0.247 e. The molecule has 2 aliphatic carbocycles. The third-order valence-electron chi connectivity index (χ3n) is 10.3. The number of aromatic nitrogens is 1. The van der Waals surface area contributed by atoms with Gasteiger partial charge in [-0.25, -0.2) is 0 Å². The molecule has 6 nitrogen and oxygen atoms in total. The predicted molar refractivity (Wildman–Crippen MR) is 202 cm³/mol. The van der Waals surface area contributed by atoms with Crippen molar-refractivity contribution >= 4 is 34.5 Å². The molecule has 6 heteroatoms. The zero-order valence-corrected chi connectivity index (χ0v) is 27.8. The van der Waals surface area contributed by atoms with Crippen LogP contribution in [0, 0.1) is 0 Å². The minimum Gasteiger partial charge on any atom is -0.301 e. The van der Waals surface area contributed by atoms with Gasteiger partial charge in [-0.2, -0.15) is 0 Å². The van der Waals surface area contributed by atoms with E-state index in [9.17, 15) is 9.59 Å². The van der Waals surface area contributed by atoms with Crippen molar-refractivity contribution in [2.75, 3.05) is 22.9 Å². The van der Waals surface area contributed by atoms with Crippen molar-refractivity contribution in [2.24, 2.45) is 4.99 Å². The summed E-state index contributed by atoms with van der Waals surface area (Å²) in [5.74, 6) is 0.227. The number of allylic oxidation sites excluding steroid dienone is 9. The second-order valence-electron chi connectivity index (χ2n) is 13.5. The smallest absolute Gasteiger partial charge is 0.247 e. The van der Waals surface area contributed by atoms with Crippen molar-refractivity contribution in [3.8, 4) is 33.5 Å². The van der Waals surface area contributed by atoms with Crippen LogP contribution in [0.2, 0.25) is 0 Å². The molecule has 0 unspecified atom stereocenters. The first-order valence-corrected chi connectivity index (χ1v) is 17.5. The largest absolute Gasteiger partial charge is 0.301 e. The van der Waals surface area contributed by atoms with Gasteiger partial charge in [-0.15, -0.1) is 0 Å². The lowest BCUT2D eigenvalue weighted by atomic mass is 9.85. The SMILES string of the molecule is O=C1CN1c1cc(-c2ccc(-c3ccc(-c4ccccc4)nc3)cc2)c(N2CC2=O)cc1C1=CC=C(C2=CN=C(C3=CC=CCC3)CC2)CC1. The van der Waals surface area contributed by atoms with Crippen LogP contribution in [-0.2, 0) is 9.59 Å². The van der Waals surface area contributed by atoms with Crippen molar-refractivity contribution in [3.63, 3.8) is 0 Å². The van der Waals surface area contributed by atoms with E-state index in [2.05, 4.69) is 97.2 Å². The molecule has 0 bridgehead atoms. The number of carbonyl (C=O) groups excluding carboxylic acids is 2. The van der Waals surface area contributed by atoms with E-state index < -0.39 is 0 Å². The maximum absolute atomic E-state index is 12.6. The average molecular weight is 653 g/mol. The van der Waals surface area contributed by atoms with Crippen LogP contribution >= 0.6 is 0 Å². The van der Waals surface area contributed by atoms with Crippen LogP contribution in [0.4, 0.5) is 11.4 Å². The highest BCUT2D eigenvalue weighted by molar-refractivity contribution is 6.17. The summed E-state index contributed by atoms with van der Waals surface area (Å²) < 4.78 is 0. The zero-order valence-electron chi connectivity index (χ0n) is 27.8. The highest BCUT2D eigenvalue weighted by Crippen LogP contribution is 2.46. The van der Waals surface area contributed by atoms with Gasteiger partial charge in [-0.1, -0.05) is 91.0 Å². The van der Waals surface area contributed by atoms with Crippen molar-refractivity contribution in [1.82, 2.24) is 4.98 Å². The normalized spacial score (nSPS) is 18.3. The van der Waals surface area contributed by atoms with Gasteiger partial charge in [0.15, 0.2) is 0 Å². The molecule has 2 fully saturated rings. The fraction of sp³-hybridized carbons (Fsp3) is 0.182. The van der Waals surface area contributed by atoms with Gasteiger partial charge >= 0.3 is 0 Å². The Morgan fingerprint density at radius 2 is 1.22 bits per heavy atom. The molecule has 0 radical (unpaired) electrons. The number of pyridine rings is 1. The van der Waals surface area contributed by atoms with E-state index in [1.807, 2.05) is 34.2 Å². The lowest BCUT2D eigenvalue weighted by Gasteiger charge is -2.23. The molecule has 0 N–H and O–H groups in total. The average Bonchev–Trinajstić information content (AvgIpc) is 4.12. The second kappa shape index (κ2) is 12.5. The summed E-state index contributed by atoms with van der Waals surface area (Å²) in [5.41, 5.74) is 15.4.